The van der Waals surface area contributed by atoms with Gasteiger partial charge in [-0.2, -0.15) is 0 Å². The number of likely N-dealkylation sites (N-methyl/N-ethyl adjacent to an activating group) is 1. The first-order valence-corrected chi connectivity index (χ1v) is 7.52. The number of benzene rings is 1. The van der Waals surface area contributed by atoms with Crippen LogP contribution in [0, 0.1) is 0 Å². The zero-order chi connectivity index (χ0) is 15.2. The van der Waals surface area contributed by atoms with Gasteiger partial charge in [0.1, 0.15) is 6.04 Å². The van der Waals surface area contributed by atoms with Gasteiger partial charge < -0.3 is 15.5 Å². The lowest BCUT2D eigenvalue weighted by Crippen LogP contribution is -2.59. The lowest BCUT2D eigenvalue weighted by Gasteiger charge is -2.35. The lowest BCUT2D eigenvalue weighted by molar-refractivity contribution is -0.141. The second-order valence-electron chi connectivity index (χ2n) is 4.97. The number of nitrogens with zero attached hydrogens (tertiary/aromatic N) is 1. The zero-order valence-corrected chi connectivity index (χ0v) is 12.8. The van der Waals surface area contributed by atoms with Gasteiger partial charge >= 0.3 is 0 Å². The first kappa shape index (κ1) is 15.8. The molecule has 1 aromatic rings. The van der Waals surface area contributed by atoms with Gasteiger partial charge in [0.05, 0.1) is 6.42 Å². The van der Waals surface area contributed by atoms with E-state index < -0.39 is 6.04 Å². The summed E-state index contributed by atoms with van der Waals surface area (Å²) in [7, 11) is 0. The molecule has 2 N–H and O–H groups in total. The Morgan fingerprint density at radius 1 is 1.43 bits per heavy atom. The van der Waals surface area contributed by atoms with Crippen molar-refractivity contribution in [1.82, 2.24) is 15.5 Å². The number of carbonyl (C=O) groups is 2. The first-order chi connectivity index (χ1) is 10.1. The molecule has 0 aliphatic carbocycles. The second kappa shape index (κ2) is 7.43. The van der Waals surface area contributed by atoms with Gasteiger partial charge in [-0.1, -0.05) is 29.8 Å². The molecule has 1 heterocycles. The van der Waals surface area contributed by atoms with Crippen LogP contribution in [-0.4, -0.2) is 48.9 Å². The number of hydrogen-bond donors (Lipinski definition) is 2. The summed E-state index contributed by atoms with van der Waals surface area (Å²) < 4.78 is 0. The molecule has 0 radical (unpaired) electrons. The van der Waals surface area contributed by atoms with Crippen LogP contribution in [-0.2, 0) is 16.0 Å². The van der Waals surface area contributed by atoms with Crippen LogP contribution in [0.3, 0.4) is 0 Å². The van der Waals surface area contributed by atoms with Crippen molar-refractivity contribution in [3.8, 4) is 0 Å². The van der Waals surface area contributed by atoms with E-state index in [9.17, 15) is 9.59 Å². The van der Waals surface area contributed by atoms with Gasteiger partial charge in [0.25, 0.3) is 0 Å². The minimum absolute atomic E-state index is 0.0687. The van der Waals surface area contributed by atoms with Gasteiger partial charge in [-0.25, -0.2) is 0 Å². The molecule has 1 atom stereocenters. The minimum Gasteiger partial charge on any atom is -0.355 e. The van der Waals surface area contributed by atoms with E-state index in [2.05, 4.69) is 10.6 Å². The van der Waals surface area contributed by atoms with Crippen LogP contribution in [0.2, 0.25) is 5.02 Å². The van der Waals surface area contributed by atoms with E-state index in [4.69, 9.17) is 11.6 Å². The Balaban J connectivity index is 2.08. The molecule has 0 aromatic heterocycles. The third kappa shape index (κ3) is 3.95. The molecule has 1 saturated heterocycles. The SMILES string of the molecule is CCNC(=O)C1CNCCN1C(=O)Cc1ccccc1Cl. The number of amides is 2. The normalized spacial score (nSPS) is 18.4. The summed E-state index contributed by atoms with van der Waals surface area (Å²) in [5, 5.41) is 6.51. The van der Waals surface area contributed by atoms with Crippen LogP contribution < -0.4 is 10.6 Å². The molecule has 114 valence electrons. The van der Waals surface area contributed by atoms with Crippen LogP contribution in [0.1, 0.15) is 12.5 Å². The molecular weight excluding hydrogens is 290 g/mol. The van der Waals surface area contributed by atoms with Crippen LogP contribution in [0.4, 0.5) is 0 Å². The summed E-state index contributed by atoms with van der Waals surface area (Å²) in [5.41, 5.74) is 0.789. The van der Waals surface area contributed by atoms with E-state index in [0.29, 0.717) is 31.2 Å². The largest absolute Gasteiger partial charge is 0.355 e. The molecule has 21 heavy (non-hydrogen) atoms. The van der Waals surface area contributed by atoms with E-state index in [1.165, 1.54) is 0 Å². The second-order valence-corrected chi connectivity index (χ2v) is 5.38. The van der Waals surface area contributed by atoms with Crippen LogP contribution in [0.15, 0.2) is 24.3 Å². The molecule has 0 saturated carbocycles. The van der Waals surface area contributed by atoms with Gasteiger partial charge in [0.2, 0.25) is 11.8 Å². The Hall–Kier alpha value is -1.59. The highest BCUT2D eigenvalue weighted by atomic mass is 35.5. The number of hydrogen-bond acceptors (Lipinski definition) is 3. The van der Waals surface area contributed by atoms with Gasteiger partial charge in [0, 0.05) is 31.2 Å². The highest BCUT2D eigenvalue weighted by molar-refractivity contribution is 6.31. The number of halogens is 1. The lowest BCUT2D eigenvalue weighted by atomic mass is 10.1. The summed E-state index contributed by atoms with van der Waals surface area (Å²) in [5.74, 6) is -0.182. The molecule has 1 unspecified atom stereocenters. The molecular formula is C15H20ClN3O2. The van der Waals surface area contributed by atoms with Crippen molar-refractivity contribution in [2.75, 3.05) is 26.2 Å². The fraction of sp³-hybridized carbons (Fsp3) is 0.467. The summed E-state index contributed by atoms with van der Waals surface area (Å²) in [6.45, 7) is 4.14. The molecule has 0 bridgehead atoms. The predicted molar refractivity (Wildman–Crippen MR) is 82.2 cm³/mol. The maximum atomic E-state index is 12.5. The molecule has 6 heteroatoms. The number of rotatable bonds is 4. The quantitative estimate of drug-likeness (QED) is 0.865. The van der Waals surface area contributed by atoms with Gasteiger partial charge in [-0.3, -0.25) is 9.59 Å². The van der Waals surface area contributed by atoms with Gasteiger partial charge in [-0.15, -0.1) is 0 Å². The van der Waals surface area contributed by atoms with Gasteiger partial charge in [-0.05, 0) is 18.6 Å². The molecule has 1 fully saturated rings. The molecule has 2 amide bonds. The Bertz CT molecular complexity index is 521. The van der Waals surface area contributed by atoms with E-state index in [-0.39, 0.29) is 18.2 Å². The van der Waals surface area contributed by atoms with Crippen molar-refractivity contribution >= 4 is 23.4 Å². The van der Waals surface area contributed by atoms with E-state index in [1.807, 2.05) is 25.1 Å². The molecule has 5 nitrogen and oxygen atoms in total. The maximum Gasteiger partial charge on any atom is 0.244 e. The Kier molecular flexibility index (Phi) is 5.59. The number of carbonyl (C=O) groups excluding carboxylic acids is 2. The average molecular weight is 310 g/mol. The van der Waals surface area contributed by atoms with Crippen molar-refractivity contribution in [1.29, 1.82) is 0 Å². The number of piperazine rings is 1. The fourth-order valence-corrected chi connectivity index (χ4v) is 2.64. The predicted octanol–water partition coefficient (Wildman–Crippen LogP) is 0.819. The third-order valence-electron chi connectivity index (χ3n) is 3.52. The first-order valence-electron chi connectivity index (χ1n) is 7.14. The average Bonchev–Trinajstić information content (AvgIpc) is 2.50. The Morgan fingerprint density at radius 2 is 2.19 bits per heavy atom. The third-order valence-corrected chi connectivity index (χ3v) is 3.89. The van der Waals surface area contributed by atoms with E-state index in [1.54, 1.807) is 11.0 Å². The molecule has 1 aromatic carbocycles. The van der Waals surface area contributed by atoms with Crippen molar-refractivity contribution in [2.24, 2.45) is 0 Å². The van der Waals surface area contributed by atoms with E-state index in [0.717, 1.165) is 5.56 Å². The summed E-state index contributed by atoms with van der Waals surface area (Å²) in [4.78, 5) is 26.2. The molecule has 1 aliphatic heterocycles. The summed E-state index contributed by atoms with van der Waals surface area (Å²) in [6.07, 6.45) is 0.218. The number of nitrogens with one attached hydrogen (secondary N) is 2. The Labute approximate surface area is 129 Å². The highest BCUT2D eigenvalue weighted by Gasteiger charge is 2.31. The van der Waals surface area contributed by atoms with Crippen molar-refractivity contribution in [2.45, 2.75) is 19.4 Å². The van der Waals surface area contributed by atoms with Crippen molar-refractivity contribution in [3.63, 3.8) is 0 Å². The highest BCUT2D eigenvalue weighted by Crippen LogP contribution is 2.17. The zero-order valence-electron chi connectivity index (χ0n) is 12.1. The van der Waals surface area contributed by atoms with Crippen LogP contribution in [0.5, 0.6) is 0 Å². The minimum atomic E-state index is -0.450. The standard InChI is InChI=1S/C15H20ClN3O2/c1-2-18-15(21)13-10-17-7-8-19(13)14(20)9-11-5-3-4-6-12(11)16/h3-6,13,17H,2,7-10H2,1H3,(H,18,21). The Morgan fingerprint density at radius 3 is 2.90 bits per heavy atom. The molecule has 2 rings (SSSR count). The fourth-order valence-electron chi connectivity index (χ4n) is 2.44. The topological polar surface area (TPSA) is 61.4 Å². The smallest absolute Gasteiger partial charge is 0.244 e. The maximum absolute atomic E-state index is 12.5. The van der Waals surface area contributed by atoms with Crippen molar-refractivity contribution < 1.29 is 9.59 Å². The summed E-state index contributed by atoms with van der Waals surface area (Å²) >= 11 is 6.09. The molecule has 0 spiro atoms. The van der Waals surface area contributed by atoms with E-state index >= 15 is 0 Å². The van der Waals surface area contributed by atoms with Crippen molar-refractivity contribution in [3.05, 3.63) is 34.9 Å². The molecule has 1 aliphatic rings. The monoisotopic (exact) mass is 309 g/mol. The van der Waals surface area contributed by atoms with Crippen LogP contribution >= 0.6 is 11.6 Å². The van der Waals surface area contributed by atoms with Gasteiger partial charge in [0.15, 0.2) is 0 Å². The summed E-state index contributed by atoms with van der Waals surface area (Å²) in [6, 6.07) is 6.84. The van der Waals surface area contributed by atoms with Crippen LogP contribution in [0.25, 0.3) is 0 Å².